The zero-order chi connectivity index (χ0) is 8.97. The number of hydrogen-bond acceptors (Lipinski definition) is 4. The fourth-order valence-corrected chi connectivity index (χ4v) is 1.91. The van der Waals surface area contributed by atoms with Gasteiger partial charge in [0.25, 0.3) is 0 Å². The maximum Gasteiger partial charge on any atom is 0.238 e. The van der Waals surface area contributed by atoms with E-state index in [0.717, 1.165) is 11.6 Å². The van der Waals surface area contributed by atoms with Gasteiger partial charge in [-0.2, -0.15) is 0 Å². The van der Waals surface area contributed by atoms with Crippen molar-refractivity contribution < 1.29 is 4.79 Å². The van der Waals surface area contributed by atoms with Gasteiger partial charge in [0.1, 0.15) is 0 Å². The number of rotatable bonds is 3. The highest BCUT2D eigenvalue weighted by Crippen LogP contribution is 2.09. The summed E-state index contributed by atoms with van der Waals surface area (Å²) in [5.41, 5.74) is 5.38. The van der Waals surface area contributed by atoms with Gasteiger partial charge in [0.2, 0.25) is 5.91 Å². The standard InChI is InChI=1S/C7H15N3OS/c1-5(2-8)10-7(11)6-3-12-4-9-6/h5-6,9H,2-4,8H2,1H3,(H,10,11)/t5-,6?/m1/s1. The molecule has 0 aromatic heterocycles. The largest absolute Gasteiger partial charge is 0.351 e. The Hall–Kier alpha value is -0.260. The number of hydrogen-bond donors (Lipinski definition) is 3. The summed E-state index contributed by atoms with van der Waals surface area (Å²) >= 11 is 1.74. The van der Waals surface area contributed by atoms with E-state index in [1.807, 2.05) is 6.92 Å². The van der Waals surface area contributed by atoms with E-state index in [1.165, 1.54) is 0 Å². The summed E-state index contributed by atoms with van der Waals surface area (Å²) < 4.78 is 0. The van der Waals surface area contributed by atoms with Crippen molar-refractivity contribution in [3.05, 3.63) is 0 Å². The van der Waals surface area contributed by atoms with E-state index in [9.17, 15) is 4.79 Å². The molecule has 0 radical (unpaired) electrons. The molecule has 4 nitrogen and oxygen atoms in total. The van der Waals surface area contributed by atoms with Gasteiger partial charge in [0.15, 0.2) is 0 Å². The summed E-state index contributed by atoms with van der Waals surface area (Å²) in [5, 5.41) is 5.93. The van der Waals surface area contributed by atoms with Crippen LogP contribution < -0.4 is 16.4 Å². The van der Waals surface area contributed by atoms with E-state index in [2.05, 4.69) is 10.6 Å². The van der Waals surface area contributed by atoms with Gasteiger partial charge in [-0.3, -0.25) is 10.1 Å². The number of nitrogens with two attached hydrogens (primary N) is 1. The summed E-state index contributed by atoms with van der Waals surface area (Å²) in [6.45, 7) is 2.39. The molecule has 2 atom stereocenters. The van der Waals surface area contributed by atoms with Crippen LogP contribution in [-0.2, 0) is 4.79 Å². The van der Waals surface area contributed by atoms with Gasteiger partial charge in [0, 0.05) is 24.2 Å². The molecule has 70 valence electrons. The summed E-state index contributed by atoms with van der Waals surface area (Å²) in [6.07, 6.45) is 0. The first kappa shape index (κ1) is 9.83. The molecule has 1 aliphatic rings. The van der Waals surface area contributed by atoms with E-state index in [4.69, 9.17) is 5.73 Å². The summed E-state index contributed by atoms with van der Waals surface area (Å²) in [6, 6.07) is 0.0499. The lowest BCUT2D eigenvalue weighted by Crippen LogP contribution is -2.47. The second-order valence-corrected chi connectivity index (χ2v) is 3.95. The van der Waals surface area contributed by atoms with Crippen LogP contribution in [0, 0.1) is 0 Å². The van der Waals surface area contributed by atoms with Gasteiger partial charge in [-0.1, -0.05) is 0 Å². The Morgan fingerprint density at radius 1 is 1.92 bits per heavy atom. The Balaban J connectivity index is 2.27. The van der Waals surface area contributed by atoms with Crippen LogP contribution in [-0.4, -0.2) is 36.2 Å². The maximum absolute atomic E-state index is 11.4. The molecule has 1 amide bonds. The van der Waals surface area contributed by atoms with E-state index in [0.29, 0.717) is 6.54 Å². The molecule has 1 fully saturated rings. The zero-order valence-electron chi connectivity index (χ0n) is 7.17. The van der Waals surface area contributed by atoms with Gasteiger partial charge in [-0.25, -0.2) is 0 Å². The Kier molecular flexibility index (Phi) is 3.84. The quantitative estimate of drug-likeness (QED) is 0.539. The number of carbonyl (C=O) groups is 1. The van der Waals surface area contributed by atoms with Gasteiger partial charge < -0.3 is 11.1 Å². The number of carbonyl (C=O) groups excluding carboxylic acids is 1. The molecule has 0 bridgehead atoms. The van der Waals surface area contributed by atoms with Crippen molar-refractivity contribution in [1.82, 2.24) is 10.6 Å². The van der Waals surface area contributed by atoms with Gasteiger partial charge in [0.05, 0.1) is 6.04 Å². The molecule has 1 rings (SSSR count). The highest BCUT2D eigenvalue weighted by Gasteiger charge is 2.22. The topological polar surface area (TPSA) is 67.1 Å². The molecule has 0 aromatic carbocycles. The van der Waals surface area contributed by atoms with Crippen LogP contribution in [0.3, 0.4) is 0 Å². The highest BCUT2D eigenvalue weighted by molar-refractivity contribution is 7.99. The molecule has 1 saturated heterocycles. The molecule has 1 unspecified atom stereocenters. The maximum atomic E-state index is 11.4. The van der Waals surface area contributed by atoms with Crippen molar-refractivity contribution in [1.29, 1.82) is 0 Å². The third-order valence-electron chi connectivity index (χ3n) is 1.78. The molecule has 0 saturated carbocycles. The van der Waals surface area contributed by atoms with Crippen LogP contribution in [0.5, 0.6) is 0 Å². The Morgan fingerprint density at radius 2 is 2.67 bits per heavy atom. The third-order valence-corrected chi connectivity index (χ3v) is 2.71. The Labute approximate surface area is 76.6 Å². The predicted octanol–water partition coefficient (Wildman–Crippen LogP) is -0.888. The highest BCUT2D eigenvalue weighted by atomic mass is 32.2. The molecule has 1 heterocycles. The van der Waals surface area contributed by atoms with Crippen LogP contribution in [0.25, 0.3) is 0 Å². The predicted molar refractivity (Wildman–Crippen MR) is 50.9 cm³/mol. The van der Waals surface area contributed by atoms with E-state index in [-0.39, 0.29) is 18.0 Å². The first-order valence-electron chi connectivity index (χ1n) is 4.05. The third kappa shape index (κ3) is 2.66. The molecule has 0 aliphatic carbocycles. The molecule has 12 heavy (non-hydrogen) atoms. The molecule has 5 heteroatoms. The smallest absolute Gasteiger partial charge is 0.238 e. The number of amides is 1. The normalized spacial score (nSPS) is 25.3. The van der Waals surface area contributed by atoms with Gasteiger partial charge >= 0.3 is 0 Å². The first-order valence-corrected chi connectivity index (χ1v) is 5.21. The fourth-order valence-electron chi connectivity index (χ4n) is 0.966. The minimum absolute atomic E-state index is 0.0241. The Bertz CT molecular complexity index is 159. The molecule has 0 spiro atoms. The lowest BCUT2D eigenvalue weighted by molar-refractivity contribution is -0.122. The summed E-state index contributed by atoms with van der Waals surface area (Å²) in [5.74, 6) is 1.80. The van der Waals surface area contributed by atoms with Crippen LogP contribution in [0.2, 0.25) is 0 Å². The van der Waals surface area contributed by atoms with Crippen LogP contribution in [0.15, 0.2) is 0 Å². The monoisotopic (exact) mass is 189 g/mol. The molecular formula is C7H15N3OS. The molecule has 0 aromatic rings. The molecular weight excluding hydrogens is 174 g/mol. The number of nitrogens with one attached hydrogen (secondary N) is 2. The van der Waals surface area contributed by atoms with Crippen LogP contribution >= 0.6 is 11.8 Å². The van der Waals surface area contributed by atoms with E-state index in [1.54, 1.807) is 11.8 Å². The van der Waals surface area contributed by atoms with Crippen LogP contribution in [0.4, 0.5) is 0 Å². The lowest BCUT2D eigenvalue weighted by Gasteiger charge is -2.14. The number of thioether (sulfide) groups is 1. The second-order valence-electron chi connectivity index (χ2n) is 2.92. The molecule has 4 N–H and O–H groups in total. The average molecular weight is 189 g/mol. The fraction of sp³-hybridized carbons (Fsp3) is 0.857. The van der Waals surface area contributed by atoms with Crippen LogP contribution in [0.1, 0.15) is 6.92 Å². The molecule has 1 aliphatic heterocycles. The van der Waals surface area contributed by atoms with E-state index >= 15 is 0 Å². The minimum atomic E-state index is -0.0241. The SMILES string of the molecule is C[C@H](CN)NC(=O)C1CSCN1. The first-order chi connectivity index (χ1) is 5.74. The van der Waals surface area contributed by atoms with Crippen molar-refractivity contribution in [2.75, 3.05) is 18.2 Å². The van der Waals surface area contributed by atoms with Crippen molar-refractivity contribution in [2.24, 2.45) is 5.73 Å². The summed E-state index contributed by atoms with van der Waals surface area (Å²) in [4.78, 5) is 11.4. The van der Waals surface area contributed by atoms with Crippen molar-refractivity contribution in [3.8, 4) is 0 Å². The van der Waals surface area contributed by atoms with Gasteiger partial charge in [-0.05, 0) is 6.92 Å². The van der Waals surface area contributed by atoms with E-state index < -0.39 is 0 Å². The van der Waals surface area contributed by atoms with Crippen molar-refractivity contribution in [2.45, 2.75) is 19.0 Å². The van der Waals surface area contributed by atoms with Crippen molar-refractivity contribution in [3.63, 3.8) is 0 Å². The second kappa shape index (κ2) is 4.69. The summed E-state index contributed by atoms with van der Waals surface area (Å²) in [7, 11) is 0. The Morgan fingerprint density at radius 3 is 3.17 bits per heavy atom. The van der Waals surface area contributed by atoms with Crippen molar-refractivity contribution >= 4 is 17.7 Å². The minimum Gasteiger partial charge on any atom is -0.351 e. The average Bonchev–Trinajstić information content (AvgIpc) is 2.56. The zero-order valence-corrected chi connectivity index (χ0v) is 7.99. The lowest BCUT2D eigenvalue weighted by atomic mass is 10.2. The van der Waals surface area contributed by atoms with Gasteiger partial charge in [-0.15, -0.1) is 11.8 Å².